The van der Waals surface area contributed by atoms with Gasteiger partial charge in [-0.1, -0.05) is 44.0 Å². The number of hydrogen-bond acceptors (Lipinski definition) is 2. The van der Waals surface area contributed by atoms with Gasteiger partial charge in [-0.3, -0.25) is 4.31 Å². The molecular weight excluding hydrogens is 256 g/mol. The van der Waals surface area contributed by atoms with Crippen LogP contribution in [0.3, 0.4) is 0 Å². The van der Waals surface area contributed by atoms with Crippen LogP contribution < -0.4 is 0 Å². The number of carbonyl (C=O) groups excluding carboxylic acids is 1. The summed E-state index contributed by atoms with van der Waals surface area (Å²) in [6.07, 6.45) is 14.2. The van der Waals surface area contributed by atoms with Crippen LogP contribution in [0.5, 0.6) is 0 Å². The molecule has 0 aromatic rings. The highest BCUT2D eigenvalue weighted by atomic mass is 32.1. The number of amides is 2. The number of thiol groups is 1. The molecule has 0 radical (unpaired) electrons. The van der Waals surface area contributed by atoms with Crippen LogP contribution in [-0.2, 0) is 0 Å². The average molecular weight is 280 g/mol. The molecule has 0 saturated carbocycles. The number of rotatable bonds is 2. The number of nitrogens with zero attached hydrogens (tertiary/aromatic N) is 2. The lowest BCUT2D eigenvalue weighted by atomic mass is 9.87. The molecule has 0 N–H and O–H groups in total. The van der Waals surface area contributed by atoms with Crippen molar-refractivity contribution in [1.29, 1.82) is 0 Å². The van der Waals surface area contributed by atoms with Gasteiger partial charge < -0.3 is 4.90 Å². The van der Waals surface area contributed by atoms with Crippen LogP contribution in [0.1, 0.15) is 39.0 Å². The first kappa shape index (κ1) is 14.5. The van der Waals surface area contributed by atoms with E-state index in [1.807, 2.05) is 0 Å². The quantitative estimate of drug-likeness (QED) is 0.606. The molecule has 2 aliphatic carbocycles. The number of urea groups is 1. The van der Waals surface area contributed by atoms with Crippen molar-refractivity contribution >= 4 is 18.8 Å². The van der Waals surface area contributed by atoms with Crippen LogP contribution >= 0.6 is 12.8 Å². The molecule has 3 nitrogen and oxygen atoms in total. The Balaban J connectivity index is 2.22. The highest BCUT2D eigenvalue weighted by molar-refractivity contribution is 7.78. The monoisotopic (exact) mass is 280 g/mol. The normalized spacial score (nSPS) is 30.2. The number of allylic oxidation sites excluding steroid dienone is 2. The Hall–Kier alpha value is -0.900. The van der Waals surface area contributed by atoms with Gasteiger partial charge in [-0.15, -0.1) is 0 Å². The maximum absolute atomic E-state index is 12.5. The lowest BCUT2D eigenvalue weighted by Crippen LogP contribution is -2.52. The van der Waals surface area contributed by atoms with E-state index in [9.17, 15) is 4.79 Å². The summed E-state index contributed by atoms with van der Waals surface area (Å²) in [5.74, 6) is 0.512. The zero-order chi connectivity index (χ0) is 13.8. The van der Waals surface area contributed by atoms with Gasteiger partial charge >= 0.3 is 6.03 Å². The van der Waals surface area contributed by atoms with E-state index in [0.29, 0.717) is 12.0 Å². The van der Waals surface area contributed by atoms with Crippen LogP contribution in [0.2, 0.25) is 0 Å². The molecular formula is C15H24N2OS. The van der Waals surface area contributed by atoms with Gasteiger partial charge in [-0.05, 0) is 38.0 Å². The first-order chi connectivity index (χ1) is 9.11. The Morgan fingerprint density at radius 3 is 2.58 bits per heavy atom. The molecule has 106 valence electrons. The van der Waals surface area contributed by atoms with Crippen molar-refractivity contribution in [3.8, 4) is 0 Å². The molecule has 0 bridgehead atoms. The van der Waals surface area contributed by atoms with E-state index in [0.717, 1.165) is 32.1 Å². The zero-order valence-corrected chi connectivity index (χ0v) is 12.7. The second-order valence-corrected chi connectivity index (χ2v) is 6.23. The van der Waals surface area contributed by atoms with E-state index < -0.39 is 0 Å². The Bertz CT molecular complexity index is 378. The van der Waals surface area contributed by atoms with Gasteiger partial charge in [0.15, 0.2) is 0 Å². The molecule has 19 heavy (non-hydrogen) atoms. The maximum atomic E-state index is 12.5. The molecule has 3 atom stereocenters. The second kappa shape index (κ2) is 6.51. The predicted octanol–water partition coefficient (Wildman–Crippen LogP) is 3.65. The fraction of sp³-hybridized carbons (Fsp3) is 0.667. The molecule has 4 heteroatoms. The van der Waals surface area contributed by atoms with Gasteiger partial charge in [0.2, 0.25) is 0 Å². The third-order valence-electron chi connectivity index (χ3n) is 4.15. The van der Waals surface area contributed by atoms with Crippen LogP contribution in [0.15, 0.2) is 24.3 Å². The van der Waals surface area contributed by atoms with Crippen molar-refractivity contribution < 1.29 is 4.79 Å². The third kappa shape index (κ3) is 3.35. The molecule has 0 fully saturated rings. The van der Waals surface area contributed by atoms with Gasteiger partial charge in [0.1, 0.15) is 0 Å². The van der Waals surface area contributed by atoms with E-state index in [-0.39, 0.29) is 12.1 Å². The first-order valence-corrected chi connectivity index (χ1v) is 7.58. The minimum atomic E-state index is 0.0204. The van der Waals surface area contributed by atoms with Gasteiger partial charge in [0.25, 0.3) is 0 Å². The van der Waals surface area contributed by atoms with Crippen molar-refractivity contribution in [3.63, 3.8) is 0 Å². The fourth-order valence-electron chi connectivity index (χ4n) is 3.05. The Labute approximate surface area is 121 Å². The van der Waals surface area contributed by atoms with E-state index in [2.05, 4.69) is 48.9 Å². The van der Waals surface area contributed by atoms with E-state index >= 15 is 0 Å². The Kier molecular flexibility index (Phi) is 4.97. The summed E-state index contributed by atoms with van der Waals surface area (Å²) in [4.78, 5) is 14.6. The molecule has 0 aromatic heterocycles. The molecule has 0 aromatic carbocycles. The predicted molar refractivity (Wildman–Crippen MR) is 82.1 cm³/mol. The highest BCUT2D eigenvalue weighted by Gasteiger charge is 2.34. The fourth-order valence-corrected chi connectivity index (χ4v) is 3.15. The highest BCUT2D eigenvalue weighted by Crippen LogP contribution is 2.29. The minimum absolute atomic E-state index is 0.0204. The Morgan fingerprint density at radius 2 is 2.00 bits per heavy atom. The van der Waals surface area contributed by atoms with Gasteiger partial charge in [0, 0.05) is 13.1 Å². The molecule has 2 aliphatic rings. The summed E-state index contributed by atoms with van der Waals surface area (Å²) in [6.45, 7) is 2.24. The topological polar surface area (TPSA) is 23.6 Å². The lowest BCUT2D eigenvalue weighted by Gasteiger charge is -2.42. The molecule has 0 saturated heterocycles. The lowest BCUT2D eigenvalue weighted by molar-refractivity contribution is 0.116. The molecule has 2 rings (SSSR count). The van der Waals surface area contributed by atoms with E-state index in [1.54, 1.807) is 7.05 Å². The zero-order valence-electron chi connectivity index (χ0n) is 11.8. The van der Waals surface area contributed by atoms with Gasteiger partial charge in [0.05, 0.1) is 6.04 Å². The van der Waals surface area contributed by atoms with Crippen molar-refractivity contribution in [2.24, 2.45) is 5.92 Å². The molecule has 0 spiro atoms. The van der Waals surface area contributed by atoms with Crippen molar-refractivity contribution in [1.82, 2.24) is 9.21 Å². The average Bonchev–Trinajstić information content (AvgIpc) is 2.42. The molecule has 2 amide bonds. The number of carbonyl (C=O) groups is 1. The van der Waals surface area contributed by atoms with Crippen molar-refractivity contribution in [3.05, 3.63) is 24.3 Å². The molecule has 0 heterocycles. The van der Waals surface area contributed by atoms with Crippen LogP contribution in [-0.4, -0.2) is 34.4 Å². The van der Waals surface area contributed by atoms with Crippen LogP contribution in [0.4, 0.5) is 4.79 Å². The van der Waals surface area contributed by atoms with E-state index in [4.69, 9.17) is 0 Å². The van der Waals surface area contributed by atoms with Crippen LogP contribution in [0.25, 0.3) is 0 Å². The minimum Gasteiger partial charge on any atom is -0.314 e. The maximum Gasteiger partial charge on any atom is 0.330 e. The largest absolute Gasteiger partial charge is 0.330 e. The SMILES string of the molecule is CC1CC=CCC1N(C(=O)N(C)S)C1C=CCCC1. The van der Waals surface area contributed by atoms with Crippen molar-refractivity contribution in [2.75, 3.05) is 7.05 Å². The van der Waals surface area contributed by atoms with Gasteiger partial charge in [-0.25, -0.2) is 4.79 Å². The summed E-state index contributed by atoms with van der Waals surface area (Å²) < 4.78 is 1.41. The summed E-state index contributed by atoms with van der Waals surface area (Å²) >= 11 is 4.20. The standard InChI is InChI=1S/C15H24N2OS/c1-12-8-6-7-11-14(12)17(15(18)16(2)19)13-9-4-3-5-10-13/h4,6-7,9,12-14,19H,3,5,8,10-11H2,1-2H3. The third-order valence-corrected chi connectivity index (χ3v) is 4.32. The summed E-state index contributed by atoms with van der Waals surface area (Å²) in [6, 6.07) is 0.543. The molecule has 0 aliphatic heterocycles. The first-order valence-electron chi connectivity index (χ1n) is 7.18. The molecule has 3 unspecified atom stereocenters. The van der Waals surface area contributed by atoms with Gasteiger partial charge in [-0.2, -0.15) is 0 Å². The smallest absolute Gasteiger partial charge is 0.314 e. The summed E-state index contributed by atoms with van der Waals surface area (Å²) in [7, 11) is 1.72. The van der Waals surface area contributed by atoms with Crippen LogP contribution in [0, 0.1) is 5.92 Å². The second-order valence-electron chi connectivity index (χ2n) is 5.63. The van der Waals surface area contributed by atoms with E-state index in [1.165, 1.54) is 4.31 Å². The summed E-state index contributed by atoms with van der Waals surface area (Å²) in [5.41, 5.74) is 0. The Morgan fingerprint density at radius 1 is 1.26 bits per heavy atom. The van der Waals surface area contributed by atoms with Crippen molar-refractivity contribution in [2.45, 2.75) is 51.1 Å². The summed E-state index contributed by atoms with van der Waals surface area (Å²) in [5, 5.41) is 0. The number of hydrogen-bond donors (Lipinski definition) is 1.